The van der Waals surface area contributed by atoms with Crippen LogP contribution >= 0.6 is 0 Å². The molecule has 1 saturated carbocycles. The van der Waals surface area contributed by atoms with Crippen LogP contribution in [-0.4, -0.2) is 36.5 Å². The van der Waals surface area contributed by atoms with Crippen LogP contribution < -0.4 is 5.32 Å². The van der Waals surface area contributed by atoms with Gasteiger partial charge in [-0.3, -0.25) is 4.79 Å². The summed E-state index contributed by atoms with van der Waals surface area (Å²) in [6, 6.07) is 0.596. The fraction of sp³-hybridized carbons (Fsp3) is 0.929. The maximum absolute atomic E-state index is 12.5. The SMILES string of the molecule is O=C(C1CCCNC1)N1CCCC1C1CCC1. The first-order valence-electron chi connectivity index (χ1n) is 7.37. The van der Waals surface area contributed by atoms with Gasteiger partial charge in [0.25, 0.3) is 0 Å². The van der Waals surface area contributed by atoms with Crippen LogP contribution in [0.3, 0.4) is 0 Å². The lowest BCUT2D eigenvalue weighted by molar-refractivity contribution is -0.138. The third-order valence-corrected chi connectivity index (χ3v) is 4.92. The van der Waals surface area contributed by atoms with Gasteiger partial charge in [0.05, 0.1) is 5.92 Å². The van der Waals surface area contributed by atoms with Crippen molar-refractivity contribution in [3.63, 3.8) is 0 Å². The van der Waals surface area contributed by atoms with E-state index in [2.05, 4.69) is 10.2 Å². The van der Waals surface area contributed by atoms with Crippen LogP contribution in [0.5, 0.6) is 0 Å². The van der Waals surface area contributed by atoms with E-state index in [4.69, 9.17) is 0 Å². The Labute approximate surface area is 104 Å². The largest absolute Gasteiger partial charge is 0.339 e. The number of carbonyl (C=O) groups is 1. The van der Waals surface area contributed by atoms with E-state index >= 15 is 0 Å². The quantitative estimate of drug-likeness (QED) is 0.792. The molecule has 0 spiro atoms. The molecule has 2 unspecified atom stereocenters. The van der Waals surface area contributed by atoms with Crippen LogP contribution in [0.25, 0.3) is 0 Å². The minimum absolute atomic E-state index is 0.268. The second-order valence-corrected chi connectivity index (χ2v) is 5.98. The number of carbonyl (C=O) groups excluding carboxylic acids is 1. The maximum Gasteiger partial charge on any atom is 0.227 e. The van der Waals surface area contributed by atoms with Crippen molar-refractivity contribution in [1.82, 2.24) is 10.2 Å². The van der Waals surface area contributed by atoms with E-state index in [1.54, 1.807) is 0 Å². The smallest absolute Gasteiger partial charge is 0.227 e. The lowest BCUT2D eigenvalue weighted by Crippen LogP contribution is -2.48. The average molecular weight is 236 g/mol. The Morgan fingerprint density at radius 3 is 2.59 bits per heavy atom. The molecule has 1 amide bonds. The van der Waals surface area contributed by atoms with Crippen molar-refractivity contribution in [2.24, 2.45) is 11.8 Å². The summed E-state index contributed by atoms with van der Waals surface area (Å²) < 4.78 is 0. The number of hydrogen-bond donors (Lipinski definition) is 1. The lowest BCUT2D eigenvalue weighted by Gasteiger charge is -2.39. The minimum atomic E-state index is 0.268. The number of nitrogens with one attached hydrogen (secondary N) is 1. The zero-order valence-electron chi connectivity index (χ0n) is 10.7. The van der Waals surface area contributed by atoms with Crippen molar-refractivity contribution in [2.75, 3.05) is 19.6 Å². The second-order valence-electron chi connectivity index (χ2n) is 5.98. The molecule has 0 aromatic carbocycles. The summed E-state index contributed by atoms with van der Waals surface area (Å²) in [6.07, 6.45) is 8.85. The summed E-state index contributed by atoms with van der Waals surface area (Å²) in [4.78, 5) is 14.8. The number of likely N-dealkylation sites (tertiary alicyclic amines) is 1. The van der Waals surface area contributed by atoms with E-state index in [0.717, 1.165) is 32.0 Å². The van der Waals surface area contributed by atoms with Crippen LogP contribution in [0.15, 0.2) is 0 Å². The van der Waals surface area contributed by atoms with Gasteiger partial charge in [-0.1, -0.05) is 6.42 Å². The van der Waals surface area contributed by atoms with Gasteiger partial charge in [0, 0.05) is 19.1 Å². The predicted molar refractivity (Wildman–Crippen MR) is 67.7 cm³/mol. The maximum atomic E-state index is 12.5. The van der Waals surface area contributed by atoms with Crippen LogP contribution in [0, 0.1) is 11.8 Å². The standard InChI is InChI=1S/C14H24N2O/c17-14(12-6-2-8-15-10-12)16-9-3-7-13(16)11-4-1-5-11/h11-13,15H,1-10H2. The minimum Gasteiger partial charge on any atom is -0.339 e. The highest BCUT2D eigenvalue weighted by Gasteiger charge is 2.39. The van der Waals surface area contributed by atoms with Gasteiger partial charge in [-0.15, -0.1) is 0 Å². The third kappa shape index (κ3) is 2.22. The van der Waals surface area contributed by atoms with Gasteiger partial charge in [0.2, 0.25) is 5.91 Å². The van der Waals surface area contributed by atoms with E-state index in [9.17, 15) is 4.79 Å². The van der Waals surface area contributed by atoms with E-state index in [-0.39, 0.29) is 5.92 Å². The van der Waals surface area contributed by atoms with E-state index < -0.39 is 0 Å². The van der Waals surface area contributed by atoms with Crippen LogP contribution in [-0.2, 0) is 4.79 Å². The number of nitrogens with zero attached hydrogens (tertiary/aromatic N) is 1. The average Bonchev–Trinajstić information content (AvgIpc) is 2.76. The Balaban J connectivity index is 1.62. The molecular formula is C14H24N2O. The topological polar surface area (TPSA) is 32.3 Å². The van der Waals surface area contributed by atoms with Crippen molar-refractivity contribution < 1.29 is 4.79 Å². The van der Waals surface area contributed by atoms with Crippen molar-refractivity contribution in [2.45, 2.75) is 51.0 Å². The molecule has 3 aliphatic rings. The molecule has 0 bridgehead atoms. The summed E-state index contributed by atoms with van der Waals surface area (Å²) in [6.45, 7) is 3.03. The van der Waals surface area contributed by atoms with Crippen molar-refractivity contribution in [3.8, 4) is 0 Å². The van der Waals surface area contributed by atoms with Gasteiger partial charge in [-0.25, -0.2) is 0 Å². The number of amides is 1. The third-order valence-electron chi connectivity index (χ3n) is 4.92. The molecule has 17 heavy (non-hydrogen) atoms. The predicted octanol–water partition coefficient (Wildman–Crippen LogP) is 1.78. The van der Waals surface area contributed by atoms with E-state index in [1.165, 1.54) is 38.5 Å². The molecule has 3 nitrogen and oxygen atoms in total. The van der Waals surface area contributed by atoms with Crippen molar-refractivity contribution >= 4 is 5.91 Å². The number of rotatable bonds is 2. The number of hydrogen-bond acceptors (Lipinski definition) is 2. The Kier molecular flexibility index (Phi) is 3.37. The molecule has 2 aliphatic heterocycles. The molecule has 1 N–H and O–H groups in total. The summed E-state index contributed by atoms with van der Waals surface area (Å²) >= 11 is 0. The Hall–Kier alpha value is -0.570. The van der Waals surface area contributed by atoms with Gasteiger partial charge >= 0.3 is 0 Å². The molecular weight excluding hydrogens is 212 g/mol. The highest BCUT2D eigenvalue weighted by Crippen LogP contribution is 2.37. The van der Waals surface area contributed by atoms with Crippen LogP contribution in [0.2, 0.25) is 0 Å². The summed E-state index contributed by atoms with van der Waals surface area (Å²) in [5.41, 5.74) is 0. The molecule has 0 radical (unpaired) electrons. The van der Waals surface area contributed by atoms with Crippen molar-refractivity contribution in [1.29, 1.82) is 0 Å². The van der Waals surface area contributed by atoms with Gasteiger partial charge in [-0.2, -0.15) is 0 Å². The second kappa shape index (κ2) is 4.97. The first-order valence-corrected chi connectivity index (χ1v) is 7.37. The van der Waals surface area contributed by atoms with Crippen LogP contribution in [0.4, 0.5) is 0 Å². The van der Waals surface area contributed by atoms with E-state index in [1.807, 2.05) is 0 Å². The molecule has 3 rings (SSSR count). The first-order chi connectivity index (χ1) is 8.36. The van der Waals surface area contributed by atoms with Gasteiger partial charge in [0.15, 0.2) is 0 Å². The molecule has 3 fully saturated rings. The summed E-state index contributed by atoms with van der Waals surface area (Å²) in [5.74, 6) is 1.55. The highest BCUT2D eigenvalue weighted by molar-refractivity contribution is 5.79. The molecule has 0 aromatic heterocycles. The van der Waals surface area contributed by atoms with Crippen LogP contribution in [0.1, 0.15) is 44.9 Å². The summed E-state index contributed by atoms with van der Waals surface area (Å²) in [7, 11) is 0. The first kappa shape index (κ1) is 11.5. The van der Waals surface area contributed by atoms with E-state index in [0.29, 0.717) is 11.9 Å². The molecule has 2 atom stereocenters. The molecule has 3 heteroatoms. The zero-order chi connectivity index (χ0) is 11.7. The highest BCUT2D eigenvalue weighted by atomic mass is 16.2. The molecule has 2 saturated heterocycles. The lowest BCUT2D eigenvalue weighted by atomic mass is 9.78. The van der Waals surface area contributed by atoms with Crippen molar-refractivity contribution in [3.05, 3.63) is 0 Å². The summed E-state index contributed by atoms with van der Waals surface area (Å²) in [5, 5.41) is 3.36. The molecule has 2 heterocycles. The Morgan fingerprint density at radius 2 is 1.94 bits per heavy atom. The Morgan fingerprint density at radius 1 is 1.06 bits per heavy atom. The molecule has 0 aromatic rings. The normalized spacial score (nSPS) is 34.7. The van der Waals surface area contributed by atoms with Gasteiger partial charge < -0.3 is 10.2 Å². The fourth-order valence-electron chi connectivity index (χ4n) is 3.68. The molecule has 1 aliphatic carbocycles. The van der Waals surface area contributed by atoms with Gasteiger partial charge in [0.1, 0.15) is 0 Å². The zero-order valence-corrected chi connectivity index (χ0v) is 10.7. The number of piperidine rings is 1. The monoisotopic (exact) mass is 236 g/mol. The Bertz CT molecular complexity index is 282. The van der Waals surface area contributed by atoms with Gasteiger partial charge in [-0.05, 0) is 51.0 Å². The fourth-order valence-corrected chi connectivity index (χ4v) is 3.68. The molecule has 96 valence electrons.